The fraction of sp³-hybridized carbons (Fsp3) is 0.400. The summed E-state index contributed by atoms with van der Waals surface area (Å²) < 4.78 is 0. The molecule has 15 heavy (non-hydrogen) atoms. The summed E-state index contributed by atoms with van der Waals surface area (Å²) in [5.74, 6) is -1.15. The van der Waals surface area contributed by atoms with Crippen molar-refractivity contribution >= 4 is 23.1 Å². The number of carboxylic acids is 1. The van der Waals surface area contributed by atoms with Crippen LogP contribution in [0.25, 0.3) is 0 Å². The Labute approximate surface area is 93.0 Å². The van der Waals surface area contributed by atoms with E-state index in [1.54, 1.807) is 18.2 Å². The van der Waals surface area contributed by atoms with Crippen molar-refractivity contribution < 1.29 is 9.90 Å². The van der Waals surface area contributed by atoms with E-state index in [9.17, 15) is 4.79 Å². The van der Waals surface area contributed by atoms with Crippen molar-refractivity contribution in [1.29, 1.82) is 0 Å². The van der Waals surface area contributed by atoms with Crippen molar-refractivity contribution in [2.75, 3.05) is 13.1 Å². The predicted molar refractivity (Wildman–Crippen MR) is 60.7 cm³/mol. The molecule has 0 aromatic rings. The molecule has 0 saturated carbocycles. The van der Waals surface area contributed by atoms with Crippen LogP contribution in [0.15, 0.2) is 23.8 Å². The van der Waals surface area contributed by atoms with E-state index in [1.165, 1.54) is 0 Å². The minimum atomic E-state index is -0.901. The predicted octanol–water partition coefficient (Wildman–Crippen LogP) is 0.0722. The highest BCUT2D eigenvalue weighted by Gasteiger charge is 2.33. The molecule has 80 valence electrons. The maximum absolute atomic E-state index is 11.0. The molecule has 0 radical (unpaired) electrons. The summed E-state index contributed by atoms with van der Waals surface area (Å²) in [5.41, 5.74) is 0.356. The van der Waals surface area contributed by atoms with Gasteiger partial charge in [0.25, 0.3) is 0 Å². The third-order valence-electron chi connectivity index (χ3n) is 2.61. The molecule has 1 atom stereocenters. The molecule has 4 nitrogen and oxygen atoms in total. The first-order valence-corrected chi connectivity index (χ1v) is 5.23. The van der Waals surface area contributed by atoms with Crippen molar-refractivity contribution in [3.63, 3.8) is 0 Å². The van der Waals surface area contributed by atoms with E-state index in [0.29, 0.717) is 10.4 Å². The van der Waals surface area contributed by atoms with Gasteiger partial charge in [0.2, 0.25) is 0 Å². The van der Waals surface area contributed by atoms with Gasteiger partial charge in [-0.2, -0.15) is 0 Å². The van der Waals surface area contributed by atoms with Crippen LogP contribution in [0, 0.1) is 5.92 Å². The standard InChI is InChI=1S/C10H12N2O2S/c13-10(14)6-2-1-3-7(15)8(6)9-11-4-5-12-9/h1-3,8-9,11-12H,4-5H2,(H,13,14). The Kier molecular flexibility index (Phi) is 2.95. The zero-order chi connectivity index (χ0) is 10.8. The Bertz CT molecular complexity index is 356. The van der Waals surface area contributed by atoms with Gasteiger partial charge in [-0.3, -0.25) is 10.6 Å². The number of nitrogens with one attached hydrogen (secondary N) is 2. The second-order valence-electron chi connectivity index (χ2n) is 3.55. The first-order valence-electron chi connectivity index (χ1n) is 4.82. The van der Waals surface area contributed by atoms with Crippen LogP contribution in [-0.4, -0.2) is 35.2 Å². The lowest BCUT2D eigenvalue weighted by Gasteiger charge is -2.25. The summed E-state index contributed by atoms with van der Waals surface area (Å²) in [4.78, 5) is 11.7. The third kappa shape index (κ3) is 1.99. The molecule has 0 aromatic heterocycles. The normalized spacial score (nSPS) is 26.8. The molecule has 1 saturated heterocycles. The van der Waals surface area contributed by atoms with Gasteiger partial charge < -0.3 is 5.11 Å². The quantitative estimate of drug-likeness (QED) is 0.580. The molecule has 0 amide bonds. The second-order valence-corrected chi connectivity index (χ2v) is 4.02. The summed E-state index contributed by atoms with van der Waals surface area (Å²) in [6, 6.07) is 0. The average Bonchev–Trinajstić information content (AvgIpc) is 2.70. The Morgan fingerprint density at radius 2 is 2.13 bits per heavy atom. The van der Waals surface area contributed by atoms with Crippen LogP contribution in [0.2, 0.25) is 0 Å². The van der Waals surface area contributed by atoms with Crippen LogP contribution in [0.1, 0.15) is 0 Å². The highest BCUT2D eigenvalue weighted by atomic mass is 32.1. The van der Waals surface area contributed by atoms with Crippen LogP contribution in [0.3, 0.4) is 0 Å². The molecule has 5 heteroatoms. The summed E-state index contributed by atoms with van der Waals surface area (Å²) in [6.07, 6.45) is 5.04. The number of aliphatic carboxylic acids is 1. The monoisotopic (exact) mass is 224 g/mol. The highest BCUT2D eigenvalue weighted by Crippen LogP contribution is 2.22. The number of carboxylic acid groups (broad SMARTS) is 1. The van der Waals surface area contributed by atoms with E-state index in [1.807, 2.05) is 0 Å². The minimum absolute atomic E-state index is 0.0511. The molecule has 0 bridgehead atoms. The van der Waals surface area contributed by atoms with Gasteiger partial charge in [-0.05, 0) is 6.08 Å². The zero-order valence-electron chi connectivity index (χ0n) is 8.06. The summed E-state index contributed by atoms with van der Waals surface area (Å²) >= 11 is 5.19. The van der Waals surface area contributed by atoms with Crippen molar-refractivity contribution in [2.45, 2.75) is 6.17 Å². The van der Waals surface area contributed by atoms with Gasteiger partial charge in [0.1, 0.15) is 0 Å². The number of thiocarbonyl (C=S) groups is 1. The molecule has 2 rings (SSSR count). The van der Waals surface area contributed by atoms with Crippen LogP contribution in [0.4, 0.5) is 0 Å². The van der Waals surface area contributed by atoms with Crippen LogP contribution < -0.4 is 10.6 Å². The number of rotatable bonds is 2. The maximum atomic E-state index is 11.0. The van der Waals surface area contributed by atoms with E-state index in [-0.39, 0.29) is 12.1 Å². The van der Waals surface area contributed by atoms with Crippen LogP contribution in [-0.2, 0) is 4.79 Å². The molecule has 0 spiro atoms. The average molecular weight is 224 g/mol. The number of allylic oxidation sites excluding steroid dienone is 3. The minimum Gasteiger partial charge on any atom is -0.478 e. The Balaban J connectivity index is 2.26. The van der Waals surface area contributed by atoms with E-state index in [0.717, 1.165) is 13.1 Å². The van der Waals surface area contributed by atoms with Crippen molar-refractivity contribution in [1.82, 2.24) is 10.6 Å². The van der Waals surface area contributed by atoms with E-state index >= 15 is 0 Å². The first-order chi connectivity index (χ1) is 7.20. The molecule has 0 aromatic carbocycles. The summed E-state index contributed by atoms with van der Waals surface area (Å²) in [5, 5.41) is 15.5. The van der Waals surface area contributed by atoms with Gasteiger partial charge >= 0.3 is 5.97 Å². The molecule has 1 fully saturated rings. The fourth-order valence-electron chi connectivity index (χ4n) is 1.92. The molecule has 1 unspecified atom stereocenters. The topological polar surface area (TPSA) is 61.4 Å². The number of hydrogen-bond acceptors (Lipinski definition) is 4. The number of hydrogen-bond donors (Lipinski definition) is 3. The first kappa shape index (κ1) is 10.5. The van der Waals surface area contributed by atoms with Crippen molar-refractivity contribution in [3.05, 3.63) is 23.8 Å². The molecule has 2 aliphatic rings. The largest absolute Gasteiger partial charge is 0.478 e. The van der Waals surface area contributed by atoms with Gasteiger partial charge in [-0.1, -0.05) is 24.4 Å². The molecule has 3 N–H and O–H groups in total. The van der Waals surface area contributed by atoms with Crippen LogP contribution >= 0.6 is 12.2 Å². The molecule has 1 aliphatic carbocycles. The molecule has 1 heterocycles. The summed E-state index contributed by atoms with van der Waals surface area (Å²) in [6.45, 7) is 1.70. The van der Waals surface area contributed by atoms with Gasteiger partial charge in [-0.15, -0.1) is 0 Å². The summed E-state index contributed by atoms with van der Waals surface area (Å²) in [7, 11) is 0. The van der Waals surface area contributed by atoms with E-state index < -0.39 is 5.97 Å². The van der Waals surface area contributed by atoms with E-state index in [4.69, 9.17) is 17.3 Å². The lowest BCUT2D eigenvalue weighted by Crippen LogP contribution is -2.44. The lowest BCUT2D eigenvalue weighted by atomic mass is 9.88. The van der Waals surface area contributed by atoms with Gasteiger partial charge in [-0.25, -0.2) is 4.79 Å². The molecular formula is C10H12N2O2S. The Morgan fingerprint density at radius 1 is 1.47 bits per heavy atom. The van der Waals surface area contributed by atoms with Crippen molar-refractivity contribution in [2.24, 2.45) is 5.92 Å². The third-order valence-corrected chi connectivity index (χ3v) is 3.00. The van der Waals surface area contributed by atoms with Gasteiger partial charge in [0.15, 0.2) is 0 Å². The fourth-order valence-corrected chi connectivity index (χ4v) is 2.26. The number of carbonyl (C=O) groups is 1. The van der Waals surface area contributed by atoms with Crippen LogP contribution in [0.5, 0.6) is 0 Å². The maximum Gasteiger partial charge on any atom is 0.332 e. The van der Waals surface area contributed by atoms with E-state index in [2.05, 4.69) is 10.6 Å². The SMILES string of the molecule is O=C(O)C1=CC=CC(=S)C1C1NCCN1. The Morgan fingerprint density at radius 3 is 2.73 bits per heavy atom. The zero-order valence-corrected chi connectivity index (χ0v) is 8.88. The molecular weight excluding hydrogens is 212 g/mol. The van der Waals surface area contributed by atoms with Gasteiger partial charge in [0.05, 0.1) is 12.1 Å². The Hall–Kier alpha value is -1.04. The molecule has 1 aliphatic heterocycles. The smallest absolute Gasteiger partial charge is 0.332 e. The van der Waals surface area contributed by atoms with Gasteiger partial charge in [0, 0.05) is 23.5 Å². The lowest BCUT2D eigenvalue weighted by molar-refractivity contribution is -0.133. The highest BCUT2D eigenvalue weighted by molar-refractivity contribution is 7.80. The second kappa shape index (κ2) is 4.22. The van der Waals surface area contributed by atoms with Crippen molar-refractivity contribution in [3.8, 4) is 0 Å².